The van der Waals surface area contributed by atoms with Gasteiger partial charge in [0.05, 0.1) is 7.11 Å². The first-order valence-corrected chi connectivity index (χ1v) is 11.6. The molecular formula is C24H25N3O5S. The summed E-state index contributed by atoms with van der Waals surface area (Å²) < 4.78 is 34.2. The molecule has 0 aromatic heterocycles. The Bertz CT molecular complexity index is 1240. The first-order chi connectivity index (χ1) is 15.7. The molecule has 9 heteroatoms. The van der Waals surface area contributed by atoms with Crippen LogP contribution in [0.1, 0.15) is 21.5 Å². The maximum atomic E-state index is 13.2. The van der Waals surface area contributed by atoms with Crippen LogP contribution in [0, 0.1) is 6.92 Å². The van der Waals surface area contributed by atoms with E-state index in [1.165, 1.54) is 37.4 Å². The smallest absolute Gasteiger partial charge is 0.248 e. The van der Waals surface area contributed by atoms with Gasteiger partial charge < -0.3 is 15.8 Å². The zero-order valence-electron chi connectivity index (χ0n) is 18.2. The Hall–Kier alpha value is -3.69. The molecule has 2 amide bonds. The third-order valence-corrected chi connectivity index (χ3v) is 6.44. The molecule has 0 saturated carbocycles. The van der Waals surface area contributed by atoms with Gasteiger partial charge in [-0.3, -0.25) is 9.59 Å². The number of benzene rings is 3. The molecule has 0 heterocycles. The molecular weight excluding hydrogens is 442 g/mol. The molecule has 1 unspecified atom stereocenters. The van der Waals surface area contributed by atoms with Crippen LogP contribution in [0.3, 0.4) is 0 Å². The minimum absolute atomic E-state index is 0.0540. The number of rotatable bonds is 9. The number of sulfonamides is 1. The topological polar surface area (TPSA) is 128 Å². The third kappa shape index (κ3) is 6.18. The summed E-state index contributed by atoms with van der Waals surface area (Å²) in [6.07, 6.45) is 0.124. The largest absolute Gasteiger partial charge is 0.495 e. The first-order valence-electron chi connectivity index (χ1n) is 10.1. The van der Waals surface area contributed by atoms with Crippen molar-refractivity contribution in [3.05, 3.63) is 89.5 Å². The summed E-state index contributed by atoms with van der Waals surface area (Å²) in [5, 5.41) is 2.69. The summed E-state index contributed by atoms with van der Waals surface area (Å²) in [5.41, 5.74) is 7.45. The maximum Gasteiger partial charge on any atom is 0.248 e. The predicted molar refractivity (Wildman–Crippen MR) is 126 cm³/mol. The highest BCUT2D eigenvalue weighted by atomic mass is 32.2. The average Bonchev–Trinajstić information content (AvgIpc) is 2.79. The van der Waals surface area contributed by atoms with Gasteiger partial charge in [-0.25, -0.2) is 8.42 Å². The normalized spacial score (nSPS) is 12.1. The summed E-state index contributed by atoms with van der Waals surface area (Å²) in [6.45, 7) is 1.77. The molecule has 33 heavy (non-hydrogen) atoms. The van der Waals surface area contributed by atoms with Gasteiger partial charge in [-0.2, -0.15) is 4.72 Å². The first kappa shape index (κ1) is 24.0. The molecule has 4 N–H and O–H groups in total. The summed E-state index contributed by atoms with van der Waals surface area (Å²) in [6, 6.07) is 18.8. The van der Waals surface area contributed by atoms with Gasteiger partial charge in [0, 0.05) is 11.3 Å². The quantitative estimate of drug-likeness (QED) is 0.446. The Balaban J connectivity index is 1.90. The summed E-state index contributed by atoms with van der Waals surface area (Å²) in [4.78, 5) is 24.3. The number of hydrogen-bond donors (Lipinski definition) is 3. The van der Waals surface area contributed by atoms with E-state index in [1.54, 1.807) is 19.1 Å². The molecule has 3 aromatic carbocycles. The second-order valence-corrected chi connectivity index (χ2v) is 9.13. The highest BCUT2D eigenvalue weighted by molar-refractivity contribution is 7.89. The fraction of sp³-hybridized carbons (Fsp3) is 0.167. The van der Waals surface area contributed by atoms with Crippen molar-refractivity contribution in [2.45, 2.75) is 24.3 Å². The van der Waals surface area contributed by atoms with E-state index in [9.17, 15) is 18.0 Å². The van der Waals surface area contributed by atoms with E-state index < -0.39 is 27.9 Å². The lowest BCUT2D eigenvalue weighted by atomic mass is 10.1. The zero-order chi connectivity index (χ0) is 24.0. The van der Waals surface area contributed by atoms with Crippen molar-refractivity contribution in [3.63, 3.8) is 0 Å². The Kier molecular flexibility index (Phi) is 7.47. The van der Waals surface area contributed by atoms with Gasteiger partial charge in [0.2, 0.25) is 21.8 Å². The Morgan fingerprint density at radius 2 is 1.67 bits per heavy atom. The summed E-state index contributed by atoms with van der Waals surface area (Å²) >= 11 is 0. The van der Waals surface area contributed by atoms with E-state index in [0.717, 1.165) is 11.1 Å². The van der Waals surface area contributed by atoms with E-state index in [1.807, 2.05) is 30.3 Å². The van der Waals surface area contributed by atoms with Crippen LogP contribution < -0.4 is 20.5 Å². The number of methoxy groups -OCH3 is 1. The van der Waals surface area contributed by atoms with Gasteiger partial charge >= 0.3 is 0 Å². The molecule has 0 spiro atoms. The number of carbonyl (C=O) groups is 2. The van der Waals surface area contributed by atoms with Gasteiger partial charge in [-0.05, 0) is 60.9 Å². The molecule has 0 aliphatic carbocycles. The summed E-state index contributed by atoms with van der Waals surface area (Å²) in [5.74, 6) is -0.968. The SMILES string of the molecule is COc1ccc(C)cc1S(=O)(=O)NC(Cc1ccccc1)C(=O)Nc1ccc(C(N)=O)cc1. The standard InChI is InChI=1S/C24H25N3O5S/c1-16-8-13-21(32-2)22(14-16)33(30,31)27-20(15-17-6-4-3-5-7-17)24(29)26-19-11-9-18(10-12-19)23(25)28/h3-14,20,27H,15H2,1-2H3,(H2,25,28)(H,26,29). The monoisotopic (exact) mass is 467 g/mol. The van der Waals surface area contributed by atoms with Crippen LogP contribution in [-0.4, -0.2) is 33.4 Å². The molecule has 1 atom stereocenters. The lowest BCUT2D eigenvalue weighted by Crippen LogP contribution is -2.45. The predicted octanol–water partition coefficient (Wildman–Crippen LogP) is 2.63. The number of nitrogens with one attached hydrogen (secondary N) is 2. The molecule has 0 radical (unpaired) electrons. The molecule has 8 nitrogen and oxygen atoms in total. The van der Waals surface area contributed by atoms with Crippen LogP contribution in [0.2, 0.25) is 0 Å². The van der Waals surface area contributed by atoms with E-state index in [2.05, 4.69) is 10.0 Å². The van der Waals surface area contributed by atoms with E-state index in [4.69, 9.17) is 10.5 Å². The zero-order valence-corrected chi connectivity index (χ0v) is 19.1. The highest BCUT2D eigenvalue weighted by Crippen LogP contribution is 2.25. The highest BCUT2D eigenvalue weighted by Gasteiger charge is 2.28. The van der Waals surface area contributed by atoms with E-state index in [-0.39, 0.29) is 17.1 Å². The van der Waals surface area contributed by atoms with Crippen molar-refractivity contribution in [1.82, 2.24) is 4.72 Å². The van der Waals surface area contributed by atoms with Crippen molar-refractivity contribution in [2.75, 3.05) is 12.4 Å². The van der Waals surface area contributed by atoms with Crippen LogP contribution in [0.25, 0.3) is 0 Å². The molecule has 0 fully saturated rings. The number of anilines is 1. The Morgan fingerprint density at radius 1 is 1.00 bits per heavy atom. The number of hydrogen-bond acceptors (Lipinski definition) is 5. The number of amides is 2. The molecule has 3 rings (SSSR count). The molecule has 0 aliphatic rings. The lowest BCUT2D eigenvalue weighted by molar-refractivity contribution is -0.117. The van der Waals surface area contributed by atoms with Gasteiger partial charge in [-0.1, -0.05) is 36.4 Å². The Labute approximate surface area is 192 Å². The van der Waals surface area contributed by atoms with Crippen LogP contribution in [0.4, 0.5) is 5.69 Å². The second kappa shape index (κ2) is 10.3. The maximum absolute atomic E-state index is 13.2. The van der Waals surface area contributed by atoms with Crippen LogP contribution in [0.15, 0.2) is 77.7 Å². The van der Waals surface area contributed by atoms with E-state index in [0.29, 0.717) is 11.3 Å². The fourth-order valence-electron chi connectivity index (χ4n) is 3.23. The second-order valence-electron chi connectivity index (χ2n) is 7.45. The summed E-state index contributed by atoms with van der Waals surface area (Å²) in [7, 11) is -2.71. The number of primary amides is 1. The molecule has 0 bridgehead atoms. The van der Waals surface area contributed by atoms with Gasteiger partial charge in [0.1, 0.15) is 16.7 Å². The van der Waals surface area contributed by atoms with E-state index >= 15 is 0 Å². The average molecular weight is 468 g/mol. The van der Waals surface area contributed by atoms with Crippen molar-refractivity contribution < 1.29 is 22.7 Å². The van der Waals surface area contributed by atoms with Crippen molar-refractivity contribution >= 4 is 27.5 Å². The Morgan fingerprint density at radius 3 is 2.27 bits per heavy atom. The molecule has 0 saturated heterocycles. The van der Waals surface area contributed by atoms with Gasteiger partial charge in [0.15, 0.2) is 0 Å². The van der Waals surface area contributed by atoms with Crippen molar-refractivity contribution in [3.8, 4) is 5.75 Å². The molecule has 172 valence electrons. The number of nitrogens with two attached hydrogens (primary N) is 1. The minimum Gasteiger partial charge on any atom is -0.495 e. The number of aryl methyl sites for hydroxylation is 1. The van der Waals surface area contributed by atoms with Crippen molar-refractivity contribution in [1.29, 1.82) is 0 Å². The van der Waals surface area contributed by atoms with Crippen LogP contribution in [-0.2, 0) is 21.2 Å². The molecule has 0 aliphatic heterocycles. The van der Waals surface area contributed by atoms with Crippen molar-refractivity contribution in [2.24, 2.45) is 5.73 Å². The van der Waals surface area contributed by atoms with Crippen LogP contribution >= 0.6 is 0 Å². The molecule has 3 aromatic rings. The number of ether oxygens (including phenoxy) is 1. The fourth-order valence-corrected chi connectivity index (χ4v) is 4.68. The lowest BCUT2D eigenvalue weighted by Gasteiger charge is -2.20. The van der Waals surface area contributed by atoms with Gasteiger partial charge in [-0.15, -0.1) is 0 Å². The van der Waals surface area contributed by atoms with Crippen LogP contribution in [0.5, 0.6) is 5.75 Å². The number of carbonyl (C=O) groups excluding carboxylic acids is 2. The minimum atomic E-state index is -4.10. The van der Waals surface area contributed by atoms with Gasteiger partial charge in [0.25, 0.3) is 0 Å². The third-order valence-electron chi connectivity index (χ3n) is 4.94.